The molecule has 2 aromatic rings. The van der Waals surface area contributed by atoms with Gasteiger partial charge in [0.1, 0.15) is 25.0 Å². The van der Waals surface area contributed by atoms with Crippen molar-refractivity contribution < 1.29 is 19.4 Å². The number of hydrogen-bond donors (Lipinski definition) is 2. The molecule has 1 aliphatic heterocycles. The van der Waals surface area contributed by atoms with Gasteiger partial charge < -0.3 is 24.8 Å². The lowest BCUT2D eigenvalue weighted by Gasteiger charge is -2.26. The highest BCUT2D eigenvalue weighted by molar-refractivity contribution is 5.80. The van der Waals surface area contributed by atoms with Crippen LogP contribution >= 0.6 is 0 Å². The van der Waals surface area contributed by atoms with E-state index in [4.69, 9.17) is 9.47 Å². The lowest BCUT2D eigenvalue weighted by molar-refractivity contribution is 0.126. The number of aliphatic hydroxyl groups excluding tert-OH is 1. The first-order valence-electron chi connectivity index (χ1n) is 9.32. The minimum atomic E-state index is -0.319. The van der Waals surface area contributed by atoms with Gasteiger partial charge in [-0.3, -0.25) is 0 Å². The molecule has 0 spiro atoms. The van der Waals surface area contributed by atoms with E-state index in [1.54, 1.807) is 18.1 Å². The molecule has 1 saturated carbocycles. The number of benzene rings is 1. The maximum Gasteiger partial charge on any atom is 0.410 e. The number of aromatic nitrogens is 2. The van der Waals surface area contributed by atoms with Crippen molar-refractivity contribution >= 4 is 22.9 Å². The number of rotatable bonds is 5. The van der Waals surface area contributed by atoms with E-state index in [0.717, 1.165) is 36.6 Å². The first kappa shape index (κ1) is 17.8. The number of cyclic esters (lactones) is 1. The lowest BCUT2D eigenvalue weighted by atomic mass is 9.93. The fraction of sp³-hybridized carbons (Fsp3) is 0.526. The molecule has 0 radical (unpaired) electrons. The Morgan fingerprint density at radius 2 is 2.15 bits per heavy atom. The van der Waals surface area contributed by atoms with Crippen LogP contribution in [0.2, 0.25) is 0 Å². The van der Waals surface area contributed by atoms with Crippen molar-refractivity contribution in [1.82, 2.24) is 14.9 Å². The molecule has 8 heteroatoms. The van der Waals surface area contributed by atoms with Gasteiger partial charge in [0.2, 0.25) is 5.95 Å². The second kappa shape index (κ2) is 7.56. The molecule has 1 unspecified atom stereocenters. The van der Waals surface area contributed by atoms with Crippen molar-refractivity contribution in [3.8, 4) is 5.75 Å². The highest BCUT2D eigenvalue weighted by Crippen LogP contribution is 2.24. The van der Waals surface area contributed by atoms with Gasteiger partial charge >= 0.3 is 6.09 Å². The summed E-state index contributed by atoms with van der Waals surface area (Å²) in [4.78, 5) is 21.9. The molecule has 1 atom stereocenters. The van der Waals surface area contributed by atoms with E-state index in [1.165, 1.54) is 0 Å². The third-order valence-electron chi connectivity index (χ3n) is 5.26. The Hall–Kier alpha value is -2.61. The van der Waals surface area contributed by atoms with E-state index < -0.39 is 0 Å². The number of carbonyl (C=O) groups excluding carboxylic acids is 1. The van der Waals surface area contributed by atoms with E-state index in [-0.39, 0.29) is 18.2 Å². The molecule has 1 aromatic carbocycles. The minimum absolute atomic E-state index is 0.0857. The molecule has 1 saturated heterocycles. The molecular formula is C19H24N4O4. The number of nitrogens with one attached hydrogen (secondary N) is 1. The quantitative estimate of drug-likeness (QED) is 0.830. The van der Waals surface area contributed by atoms with E-state index in [1.807, 2.05) is 18.2 Å². The zero-order valence-corrected chi connectivity index (χ0v) is 15.3. The van der Waals surface area contributed by atoms with Crippen molar-refractivity contribution in [2.24, 2.45) is 0 Å². The summed E-state index contributed by atoms with van der Waals surface area (Å²) < 4.78 is 10.8. The third kappa shape index (κ3) is 4.05. The van der Waals surface area contributed by atoms with Crippen LogP contribution in [0, 0.1) is 0 Å². The van der Waals surface area contributed by atoms with E-state index >= 15 is 0 Å². The van der Waals surface area contributed by atoms with Crippen molar-refractivity contribution in [3.05, 3.63) is 24.4 Å². The van der Waals surface area contributed by atoms with Crippen LogP contribution in [-0.2, 0) is 4.74 Å². The van der Waals surface area contributed by atoms with E-state index in [0.29, 0.717) is 31.0 Å². The number of fused-ring (bicyclic) bond motifs is 1. The summed E-state index contributed by atoms with van der Waals surface area (Å²) in [5.74, 6) is 1.29. The Morgan fingerprint density at radius 1 is 1.33 bits per heavy atom. The largest absolute Gasteiger partial charge is 0.491 e. The van der Waals surface area contributed by atoms with E-state index in [2.05, 4.69) is 15.3 Å². The Labute approximate surface area is 157 Å². The van der Waals surface area contributed by atoms with Crippen LogP contribution in [0.4, 0.5) is 10.7 Å². The van der Waals surface area contributed by atoms with Crippen molar-refractivity contribution in [2.75, 3.05) is 25.6 Å². The number of likely N-dealkylation sites (N-methyl/N-ethyl adjacent to an activating group) is 1. The molecule has 2 N–H and O–H groups in total. The predicted molar refractivity (Wildman–Crippen MR) is 99.8 cm³/mol. The zero-order valence-electron chi connectivity index (χ0n) is 15.3. The SMILES string of the molecule is CN1C(=O)OCC1COc1ccc2cnc(N[C@H]3CC[C@H](O)CC3)nc2c1. The average Bonchev–Trinajstić information content (AvgIpc) is 3.00. The normalized spacial score (nSPS) is 25.5. The number of aliphatic hydroxyl groups is 1. The summed E-state index contributed by atoms with van der Waals surface area (Å²) in [6.45, 7) is 0.712. The number of amides is 1. The fourth-order valence-corrected chi connectivity index (χ4v) is 3.45. The topological polar surface area (TPSA) is 96.8 Å². The molecule has 2 heterocycles. The molecule has 8 nitrogen and oxygen atoms in total. The number of anilines is 1. The molecule has 0 bridgehead atoms. The van der Waals surface area contributed by atoms with Crippen LogP contribution in [0.25, 0.3) is 10.9 Å². The van der Waals surface area contributed by atoms with Gasteiger partial charge in [-0.2, -0.15) is 0 Å². The molecule has 1 aromatic heterocycles. The third-order valence-corrected chi connectivity index (χ3v) is 5.26. The monoisotopic (exact) mass is 372 g/mol. The van der Waals surface area contributed by atoms with Crippen molar-refractivity contribution in [2.45, 2.75) is 43.9 Å². The molecule has 2 fully saturated rings. The summed E-state index contributed by atoms with van der Waals surface area (Å²) in [6.07, 6.45) is 4.75. The Balaban J connectivity index is 1.42. The van der Waals surface area contributed by atoms with Crippen molar-refractivity contribution in [1.29, 1.82) is 0 Å². The second-order valence-electron chi connectivity index (χ2n) is 7.22. The molecule has 4 rings (SSSR count). The number of hydrogen-bond acceptors (Lipinski definition) is 7. The van der Waals surface area contributed by atoms with Crippen LogP contribution in [0.15, 0.2) is 24.4 Å². The summed E-state index contributed by atoms with van der Waals surface area (Å²) in [5, 5.41) is 13.9. The van der Waals surface area contributed by atoms with Crippen LogP contribution in [-0.4, -0.2) is 64.5 Å². The molecule has 144 valence electrons. The smallest absolute Gasteiger partial charge is 0.410 e. The lowest BCUT2D eigenvalue weighted by Crippen LogP contribution is -2.34. The van der Waals surface area contributed by atoms with Gasteiger partial charge in [0, 0.05) is 30.7 Å². The summed E-state index contributed by atoms with van der Waals surface area (Å²) in [5.41, 5.74) is 0.799. The fourth-order valence-electron chi connectivity index (χ4n) is 3.45. The zero-order chi connectivity index (χ0) is 18.8. The van der Waals surface area contributed by atoms with Gasteiger partial charge in [0.25, 0.3) is 0 Å². The predicted octanol–water partition coefficient (Wildman–Crippen LogP) is 2.17. The molecular weight excluding hydrogens is 348 g/mol. The Bertz CT molecular complexity index is 822. The first-order valence-corrected chi connectivity index (χ1v) is 9.32. The number of ether oxygens (including phenoxy) is 2. The average molecular weight is 372 g/mol. The van der Waals surface area contributed by atoms with Gasteiger partial charge in [-0.15, -0.1) is 0 Å². The van der Waals surface area contributed by atoms with Gasteiger partial charge in [0.05, 0.1) is 11.6 Å². The number of carbonyl (C=O) groups is 1. The summed E-state index contributed by atoms with van der Waals surface area (Å²) in [6, 6.07) is 5.88. The van der Waals surface area contributed by atoms with Crippen molar-refractivity contribution in [3.63, 3.8) is 0 Å². The molecule has 27 heavy (non-hydrogen) atoms. The van der Waals surface area contributed by atoms with Gasteiger partial charge in [0.15, 0.2) is 0 Å². The highest BCUT2D eigenvalue weighted by atomic mass is 16.6. The van der Waals surface area contributed by atoms with Gasteiger partial charge in [-0.05, 0) is 37.8 Å². The van der Waals surface area contributed by atoms with Gasteiger partial charge in [-0.25, -0.2) is 14.8 Å². The van der Waals surface area contributed by atoms with E-state index in [9.17, 15) is 9.90 Å². The standard InChI is InChI=1S/C19H24N4O4/c1-23-14(11-27-19(23)25)10-26-16-7-2-12-9-20-18(22-17(12)8-16)21-13-3-5-15(24)6-4-13/h2,7-9,13-15,24H,3-6,10-11H2,1H3,(H,20,21,22)/t13-,14?,15-. The van der Waals surface area contributed by atoms with Crippen LogP contribution in [0.5, 0.6) is 5.75 Å². The molecule has 1 amide bonds. The Morgan fingerprint density at radius 3 is 2.89 bits per heavy atom. The minimum Gasteiger partial charge on any atom is -0.491 e. The highest BCUT2D eigenvalue weighted by Gasteiger charge is 2.30. The van der Waals surface area contributed by atoms with Crippen LogP contribution in [0.3, 0.4) is 0 Å². The van der Waals surface area contributed by atoms with Gasteiger partial charge in [-0.1, -0.05) is 0 Å². The summed E-state index contributed by atoms with van der Waals surface area (Å²) >= 11 is 0. The second-order valence-corrected chi connectivity index (χ2v) is 7.22. The van der Waals surface area contributed by atoms with Crippen LogP contribution in [0.1, 0.15) is 25.7 Å². The molecule has 2 aliphatic rings. The Kier molecular flexibility index (Phi) is 4.98. The maximum atomic E-state index is 11.4. The maximum absolute atomic E-state index is 11.4. The number of nitrogens with zero attached hydrogens (tertiary/aromatic N) is 3. The molecule has 1 aliphatic carbocycles. The van der Waals surface area contributed by atoms with Crippen LogP contribution < -0.4 is 10.1 Å². The first-order chi connectivity index (χ1) is 13.1. The summed E-state index contributed by atoms with van der Waals surface area (Å²) in [7, 11) is 1.71.